The number of aliphatic carboxylic acids is 2. The number of hydrogen-bond donors (Lipinski definition) is 3. The van der Waals surface area contributed by atoms with Gasteiger partial charge in [0.1, 0.15) is 6.61 Å². The van der Waals surface area contributed by atoms with Crippen LogP contribution in [0.4, 0.5) is 0 Å². The molecule has 0 heterocycles. The van der Waals surface area contributed by atoms with Gasteiger partial charge in [0.2, 0.25) is 0 Å². The van der Waals surface area contributed by atoms with Crippen LogP contribution in [0, 0.1) is 11.3 Å². The maximum atomic E-state index is 13.1. The van der Waals surface area contributed by atoms with Crippen molar-refractivity contribution in [1.82, 2.24) is 0 Å². The Labute approximate surface area is 207 Å². The normalized spacial score (nSPS) is 25.7. The number of carbonyl (C=O) groups excluding carboxylic acids is 1. The van der Waals surface area contributed by atoms with Gasteiger partial charge in [-0.25, -0.2) is 9.59 Å². The number of nitrogens with two attached hydrogens (primary N) is 1. The average Bonchev–Trinajstić information content (AvgIpc) is 2.79. The summed E-state index contributed by atoms with van der Waals surface area (Å²) in [5, 5.41) is 19.9. The van der Waals surface area contributed by atoms with Crippen LogP contribution in [-0.4, -0.2) is 47.3 Å². The van der Waals surface area contributed by atoms with E-state index in [2.05, 4.69) is 51.0 Å². The van der Waals surface area contributed by atoms with E-state index in [4.69, 9.17) is 20.8 Å². The zero-order valence-corrected chi connectivity index (χ0v) is 21.1. The van der Waals surface area contributed by atoms with Crippen LogP contribution in [0.15, 0.2) is 35.5 Å². The predicted octanol–water partition coefficient (Wildman–Crippen LogP) is 4.52. The van der Waals surface area contributed by atoms with Gasteiger partial charge in [-0.15, -0.1) is 0 Å². The molecule has 1 aromatic carbocycles. The Hall–Kier alpha value is -3.00. The summed E-state index contributed by atoms with van der Waals surface area (Å²) in [6, 6.07) is 6.56. The standard InChI is InChI=1S/C23H34N2O2.C4H4O4/c1-16(2)17-7-8-19-18(13-17)20(26)14-21-22(3,9-5-10-23(19,21)4)15-25-27-12-6-11-24;5-3(6)1-2-4(7)8/h7-8,13,15-16,21H,5-6,9-12,14,24H2,1-4H3;1-2H,(H,5,6)(H,7,8)/b25-15+;2-1+/t21-,22-,23+;/m0./s1. The number of oxime groups is 1. The Balaban J connectivity index is 0.000000466. The highest BCUT2D eigenvalue weighted by Gasteiger charge is 2.53. The molecule has 2 aliphatic rings. The van der Waals surface area contributed by atoms with Crippen LogP contribution in [0.5, 0.6) is 0 Å². The Morgan fingerprint density at radius 1 is 1.20 bits per heavy atom. The van der Waals surface area contributed by atoms with Crippen molar-refractivity contribution in [2.75, 3.05) is 13.2 Å². The van der Waals surface area contributed by atoms with Crippen LogP contribution in [0.1, 0.15) is 87.2 Å². The first-order valence-corrected chi connectivity index (χ1v) is 12.1. The zero-order chi connectivity index (χ0) is 26.2. The third-order valence-corrected chi connectivity index (χ3v) is 7.22. The second-order valence-corrected chi connectivity index (χ2v) is 10.1. The van der Waals surface area contributed by atoms with Crippen molar-refractivity contribution in [3.8, 4) is 0 Å². The van der Waals surface area contributed by atoms with Gasteiger partial charge in [0.25, 0.3) is 0 Å². The third-order valence-electron chi connectivity index (χ3n) is 7.22. The lowest BCUT2D eigenvalue weighted by molar-refractivity contribution is -0.134. The molecule has 3 rings (SSSR count). The predicted molar refractivity (Wildman–Crippen MR) is 135 cm³/mol. The summed E-state index contributed by atoms with van der Waals surface area (Å²) in [4.78, 5) is 37.6. The topological polar surface area (TPSA) is 139 Å². The number of rotatable bonds is 8. The summed E-state index contributed by atoms with van der Waals surface area (Å²) < 4.78 is 0. The van der Waals surface area contributed by atoms with Crippen LogP contribution < -0.4 is 5.73 Å². The number of nitrogens with zero attached hydrogens (tertiary/aromatic N) is 1. The number of fused-ring (bicyclic) bond motifs is 3. The first kappa shape index (κ1) is 28.2. The Morgan fingerprint density at radius 2 is 1.86 bits per heavy atom. The number of carboxylic acids is 2. The van der Waals surface area contributed by atoms with Gasteiger partial charge in [0.05, 0.1) is 0 Å². The lowest BCUT2D eigenvalue weighted by Crippen LogP contribution is -2.51. The van der Waals surface area contributed by atoms with Crippen LogP contribution >= 0.6 is 0 Å². The van der Waals surface area contributed by atoms with Gasteiger partial charge in [-0.1, -0.05) is 51.4 Å². The minimum atomic E-state index is -1.26. The molecule has 3 atom stereocenters. The van der Waals surface area contributed by atoms with Gasteiger partial charge in [-0.3, -0.25) is 4.79 Å². The molecule has 1 saturated carbocycles. The fourth-order valence-corrected chi connectivity index (χ4v) is 5.29. The van der Waals surface area contributed by atoms with E-state index in [9.17, 15) is 14.4 Å². The van der Waals surface area contributed by atoms with E-state index in [-0.39, 0.29) is 22.5 Å². The van der Waals surface area contributed by atoms with E-state index in [1.54, 1.807) is 0 Å². The van der Waals surface area contributed by atoms with Crippen molar-refractivity contribution in [2.45, 2.75) is 71.1 Å². The highest BCUT2D eigenvalue weighted by Crippen LogP contribution is 2.56. The first-order valence-electron chi connectivity index (χ1n) is 12.1. The molecule has 0 aromatic heterocycles. The molecule has 2 aliphatic carbocycles. The van der Waals surface area contributed by atoms with E-state index in [0.717, 1.165) is 31.2 Å². The van der Waals surface area contributed by atoms with E-state index >= 15 is 0 Å². The van der Waals surface area contributed by atoms with E-state index in [1.165, 1.54) is 11.1 Å². The SMILES string of the molecule is CC(C)c1ccc2c(c1)C(=O)C[C@H]1[C@](C)(/C=N/OCCCN)CCC[C@]21C.O=C(O)/C=C/C(=O)O. The van der Waals surface area contributed by atoms with Crippen LogP contribution in [0.25, 0.3) is 0 Å². The molecule has 0 unspecified atom stereocenters. The van der Waals surface area contributed by atoms with Crippen molar-refractivity contribution in [3.63, 3.8) is 0 Å². The average molecular weight is 487 g/mol. The second-order valence-electron chi connectivity index (χ2n) is 10.1. The summed E-state index contributed by atoms with van der Waals surface area (Å²) in [6.07, 6.45) is 7.78. The molecular formula is C27H38N2O6. The minimum Gasteiger partial charge on any atom is -0.478 e. The molecule has 0 amide bonds. The van der Waals surface area contributed by atoms with Gasteiger partial charge in [0.15, 0.2) is 5.78 Å². The number of ketones is 1. The Kier molecular flexibility index (Phi) is 9.77. The number of Topliss-reactive ketones (excluding diaryl/α,β-unsaturated/α-hetero) is 1. The molecule has 8 nitrogen and oxygen atoms in total. The third kappa shape index (κ3) is 7.01. The summed E-state index contributed by atoms with van der Waals surface area (Å²) in [5.74, 6) is -1.55. The fourth-order valence-electron chi connectivity index (χ4n) is 5.29. The molecule has 0 saturated heterocycles. The van der Waals surface area contributed by atoms with Crippen LogP contribution in [0.2, 0.25) is 0 Å². The van der Waals surface area contributed by atoms with E-state index in [1.807, 2.05) is 6.21 Å². The molecule has 0 radical (unpaired) electrons. The second kappa shape index (κ2) is 12.1. The van der Waals surface area contributed by atoms with Crippen molar-refractivity contribution in [2.24, 2.45) is 22.2 Å². The van der Waals surface area contributed by atoms with Crippen molar-refractivity contribution in [1.29, 1.82) is 0 Å². The molecule has 1 aromatic rings. The number of carbonyl (C=O) groups is 3. The first-order chi connectivity index (χ1) is 16.4. The van der Waals surface area contributed by atoms with Gasteiger partial charge < -0.3 is 20.8 Å². The minimum absolute atomic E-state index is 0.00896. The number of hydrogen-bond acceptors (Lipinski definition) is 6. The summed E-state index contributed by atoms with van der Waals surface area (Å²) in [7, 11) is 0. The van der Waals surface area contributed by atoms with Gasteiger partial charge in [-0.05, 0) is 60.3 Å². The molecule has 0 spiro atoms. The Morgan fingerprint density at radius 3 is 2.43 bits per heavy atom. The molecule has 192 valence electrons. The summed E-state index contributed by atoms with van der Waals surface area (Å²) in [6.45, 7) is 10.1. The maximum Gasteiger partial charge on any atom is 0.328 e. The Bertz CT molecular complexity index is 970. The van der Waals surface area contributed by atoms with Crippen molar-refractivity contribution in [3.05, 3.63) is 47.0 Å². The molecule has 0 bridgehead atoms. The largest absolute Gasteiger partial charge is 0.478 e. The van der Waals surface area contributed by atoms with Gasteiger partial charge in [0, 0.05) is 35.8 Å². The molecule has 1 fully saturated rings. The van der Waals surface area contributed by atoms with E-state index < -0.39 is 11.9 Å². The van der Waals surface area contributed by atoms with Crippen LogP contribution in [0.3, 0.4) is 0 Å². The smallest absolute Gasteiger partial charge is 0.328 e. The maximum absolute atomic E-state index is 13.1. The fraction of sp³-hybridized carbons (Fsp3) is 0.556. The van der Waals surface area contributed by atoms with E-state index in [0.29, 0.717) is 37.6 Å². The molecule has 8 heteroatoms. The lowest BCUT2D eigenvalue weighted by Gasteiger charge is -2.53. The molecule has 35 heavy (non-hydrogen) atoms. The van der Waals surface area contributed by atoms with Gasteiger partial charge in [-0.2, -0.15) is 0 Å². The van der Waals surface area contributed by atoms with Crippen molar-refractivity contribution < 1.29 is 29.4 Å². The molecule has 4 N–H and O–H groups in total. The molecular weight excluding hydrogens is 448 g/mol. The zero-order valence-electron chi connectivity index (χ0n) is 21.1. The van der Waals surface area contributed by atoms with Crippen molar-refractivity contribution >= 4 is 23.9 Å². The molecule has 0 aliphatic heterocycles. The highest BCUT2D eigenvalue weighted by molar-refractivity contribution is 6.00. The quantitative estimate of drug-likeness (QED) is 0.212. The number of carboxylic acid groups (broad SMARTS) is 2. The lowest BCUT2D eigenvalue weighted by atomic mass is 9.50. The summed E-state index contributed by atoms with van der Waals surface area (Å²) >= 11 is 0. The van der Waals surface area contributed by atoms with Crippen LogP contribution in [-0.2, 0) is 19.8 Å². The highest BCUT2D eigenvalue weighted by atomic mass is 16.6. The summed E-state index contributed by atoms with van der Waals surface area (Å²) in [5.41, 5.74) is 8.81. The number of benzene rings is 1. The van der Waals surface area contributed by atoms with Gasteiger partial charge >= 0.3 is 11.9 Å². The monoisotopic (exact) mass is 486 g/mol.